The number of hydrogen-bond acceptors (Lipinski definition) is 2. The lowest BCUT2D eigenvalue weighted by atomic mass is 9.99. The van der Waals surface area contributed by atoms with Crippen molar-refractivity contribution in [2.45, 2.75) is 39.5 Å². The molecule has 1 amide bonds. The van der Waals surface area contributed by atoms with Crippen molar-refractivity contribution in [2.24, 2.45) is 5.92 Å². The molecule has 1 aromatic heterocycles. The third-order valence-corrected chi connectivity index (χ3v) is 3.04. The number of carbonyl (C=O) groups is 1. The van der Waals surface area contributed by atoms with Crippen molar-refractivity contribution in [1.29, 1.82) is 0 Å². The lowest BCUT2D eigenvalue weighted by Crippen LogP contribution is -2.29. The summed E-state index contributed by atoms with van der Waals surface area (Å²) in [7, 11) is 0. The monoisotopic (exact) mass is 252 g/mol. The maximum absolute atomic E-state index is 12.9. The number of aromatic nitrogens is 1. The van der Waals surface area contributed by atoms with Gasteiger partial charge in [0.2, 0.25) is 5.95 Å². The van der Waals surface area contributed by atoms with Crippen molar-refractivity contribution in [3.05, 3.63) is 29.8 Å². The number of nitrogens with zero attached hydrogens (tertiary/aromatic N) is 1. The van der Waals surface area contributed by atoms with Gasteiger partial charge in [0.15, 0.2) is 0 Å². The van der Waals surface area contributed by atoms with Gasteiger partial charge in [0.05, 0.1) is 0 Å². The summed E-state index contributed by atoms with van der Waals surface area (Å²) in [6, 6.07) is 4.24. The lowest BCUT2D eigenvalue weighted by Gasteiger charge is -2.14. The van der Waals surface area contributed by atoms with Crippen LogP contribution in [-0.2, 0) is 0 Å². The number of pyridine rings is 1. The van der Waals surface area contributed by atoms with E-state index in [0.717, 1.165) is 19.3 Å². The molecular weight excluding hydrogens is 231 g/mol. The fourth-order valence-electron chi connectivity index (χ4n) is 1.81. The standard InChI is InChI=1S/C14H21FN2O/c1-3-5-7-11(4-2)10-16-14(18)12-8-6-9-13(15)17-12/h6,8-9,11H,3-5,7,10H2,1-2H3,(H,16,18). The average Bonchev–Trinajstić information content (AvgIpc) is 2.38. The molecule has 100 valence electrons. The molecule has 0 aliphatic rings. The molecule has 1 N–H and O–H groups in total. The van der Waals surface area contributed by atoms with E-state index >= 15 is 0 Å². The van der Waals surface area contributed by atoms with Crippen molar-refractivity contribution >= 4 is 5.91 Å². The van der Waals surface area contributed by atoms with Crippen molar-refractivity contribution in [2.75, 3.05) is 6.54 Å². The molecule has 1 rings (SSSR count). The maximum atomic E-state index is 12.9. The lowest BCUT2D eigenvalue weighted by molar-refractivity contribution is 0.0939. The predicted molar refractivity (Wildman–Crippen MR) is 69.8 cm³/mol. The van der Waals surface area contributed by atoms with Crippen molar-refractivity contribution in [3.63, 3.8) is 0 Å². The van der Waals surface area contributed by atoms with E-state index in [1.54, 1.807) is 0 Å². The van der Waals surface area contributed by atoms with E-state index in [-0.39, 0.29) is 11.6 Å². The Kier molecular flexibility index (Phi) is 6.33. The molecule has 1 unspecified atom stereocenters. The Bertz CT molecular complexity index is 382. The largest absolute Gasteiger partial charge is 0.350 e. The van der Waals surface area contributed by atoms with E-state index in [4.69, 9.17) is 0 Å². The molecule has 18 heavy (non-hydrogen) atoms. The van der Waals surface area contributed by atoms with Gasteiger partial charge < -0.3 is 5.32 Å². The number of hydrogen-bond donors (Lipinski definition) is 1. The zero-order chi connectivity index (χ0) is 13.4. The molecule has 0 aromatic carbocycles. The van der Waals surface area contributed by atoms with E-state index in [9.17, 15) is 9.18 Å². The van der Waals surface area contributed by atoms with Crippen LogP contribution in [0.1, 0.15) is 50.0 Å². The minimum atomic E-state index is -0.624. The number of nitrogens with one attached hydrogen (secondary N) is 1. The van der Waals surface area contributed by atoms with E-state index < -0.39 is 5.95 Å². The van der Waals surface area contributed by atoms with Gasteiger partial charge in [0.25, 0.3) is 5.91 Å². The number of amides is 1. The molecule has 0 saturated carbocycles. The highest BCUT2D eigenvalue weighted by Gasteiger charge is 2.11. The third-order valence-electron chi connectivity index (χ3n) is 3.04. The Morgan fingerprint density at radius 3 is 2.83 bits per heavy atom. The highest BCUT2D eigenvalue weighted by molar-refractivity contribution is 5.92. The number of halogens is 1. The second kappa shape index (κ2) is 7.80. The molecule has 0 radical (unpaired) electrons. The van der Waals surface area contributed by atoms with Crippen molar-refractivity contribution < 1.29 is 9.18 Å². The third kappa shape index (κ3) is 4.82. The summed E-state index contributed by atoms with van der Waals surface area (Å²) < 4.78 is 12.9. The molecule has 0 spiro atoms. The molecule has 1 atom stereocenters. The van der Waals surface area contributed by atoms with Crippen LogP contribution in [0.3, 0.4) is 0 Å². The molecule has 3 nitrogen and oxygen atoms in total. The van der Waals surface area contributed by atoms with Crippen LogP contribution in [0.2, 0.25) is 0 Å². The van der Waals surface area contributed by atoms with Gasteiger partial charge in [-0.3, -0.25) is 4.79 Å². The van der Waals surface area contributed by atoms with Crippen LogP contribution in [0.15, 0.2) is 18.2 Å². The smallest absolute Gasteiger partial charge is 0.270 e. The number of carbonyl (C=O) groups excluding carboxylic acids is 1. The summed E-state index contributed by atoms with van der Waals surface area (Å²) >= 11 is 0. The molecule has 0 aliphatic carbocycles. The van der Waals surface area contributed by atoms with Crippen LogP contribution >= 0.6 is 0 Å². The van der Waals surface area contributed by atoms with Crippen LogP contribution in [0.5, 0.6) is 0 Å². The van der Waals surface area contributed by atoms with E-state index in [1.165, 1.54) is 24.6 Å². The first-order chi connectivity index (χ1) is 8.67. The fraction of sp³-hybridized carbons (Fsp3) is 0.571. The van der Waals surface area contributed by atoms with Gasteiger partial charge in [0.1, 0.15) is 5.69 Å². The van der Waals surface area contributed by atoms with Crippen molar-refractivity contribution in [1.82, 2.24) is 10.3 Å². The normalized spacial score (nSPS) is 12.2. The maximum Gasteiger partial charge on any atom is 0.270 e. The summed E-state index contributed by atoms with van der Waals surface area (Å²) in [4.78, 5) is 15.3. The van der Waals surface area contributed by atoms with Crippen LogP contribution in [0, 0.1) is 11.9 Å². The second-order valence-electron chi connectivity index (χ2n) is 4.47. The summed E-state index contributed by atoms with van der Waals surface area (Å²) in [6.07, 6.45) is 4.49. The fourth-order valence-corrected chi connectivity index (χ4v) is 1.81. The van der Waals surface area contributed by atoms with Gasteiger partial charge in [0, 0.05) is 6.54 Å². The number of rotatable bonds is 7. The Balaban J connectivity index is 2.44. The van der Waals surface area contributed by atoms with Crippen LogP contribution in [0.4, 0.5) is 4.39 Å². The Morgan fingerprint density at radius 2 is 2.22 bits per heavy atom. The zero-order valence-corrected chi connectivity index (χ0v) is 11.1. The quantitative estimate of drug-likeness (QED) is 0.757. The Labute approximate surface area is 108 Å². The van der Waals surface area contributed by atoms with Gasteiger partial charge in [-0.15, -0.1) is 0 Å². The molecule has 0 bridgehead atoms. The second-order valence-corrected chi connectivity index (χ2v) is 4.47. The first-order valence-corrected chi connectivity index (χ1v) is 6.58. The topological polar surface area (TPSA) is 42.0 Å². The van der Waals surface area contributed by atoms with Gasteiger partial charge in [-0.05, 0) is 24.5 Å². The van der Waals surface area contributed by atoms with E-state index in [1.807, 2.05) is 0 Å². The van der Waals surface area contributed by atoms with E-state index in [2.05, 4.69) is 24.1 Å². The molecular formula is C14H21FN2O. The Hall–Kier alpha value is -1.45. The summed E-state index contributed by atoms with van der Waals surface area (Å²) in [5.41, 5.74) is 0.139. The molecule has 1 heterocycles. The molecule has 4 heteroatoms. The highest BCUT2D eigenvalue weighted by Crippen LogP contribution is 2.11. The minimum Gasteiger partial charge on any atom is -0.350 e. The SMILES string of the molecule is CCCCC(CC)CNC(=O)c1cccc(F)n1. The zero-order valence-electron chi connectivity index (χ0n) is 11.1. The van der Waals surface area contributed by atoms with Crippen LogP contribution < -0.4 is 5.32 Å². The summed E-state index contributed by atoms with van der Waals surface area (Å²) in [5, 5.41) is 2.82. The van der Waals surface area contributed by atoms with Crippen LogP contribution in [0.25, 0.3) is 0 Å². The highest BCUT2D eigenvalue weighted by atomic mass is 19.1. The predicted octanol–water partition coefficient (Wildman–Crippen LogP) is 3.17. The van der Waals surface area contributed by atoms with E-state index in [0.29, 0.717) is 12.5 Å². The van der Waals surface area contributed by atoms with Crippen LogP contribution in [-0.4, -0.2) is 17.4 Å². The minimum absolute atomic E-state index is 0.139. The van der Waals surface area contributed by atoms with Gasteiger partial charge in [-0.1, -0.05) is 39.2 Å². The molecule has 0 aliphatic heterocycles. The number of unbranched alkanes of at least 4 members (excludes halogenated alkanes) is 1. The summed E-state index contributed by atoms with van der Waals surface area (Å²) in [6.45, 7) is 4.91. The molecule has 0 saturated heterocycles. The summed E-state index contributed by atoms with van der Waals surface area (Å²) in [5.74, 6) is -0.437. The molecule has 1 aromatic rings. The Morgan fingerprint density at radius 1 is 1.44 bits per heavy atom. The molecule has 0 fully saturated rings. The first kappa shape index (κ1) is 14.6. The average molecular weight is 252 g/mol. The van der Waals surface area contributed by atoms with Gasteiger partial charge in [-0.2, -0.15) is 4.39 Å². The van der Waals surface area contributed by atoms with Crippen molar-refractivity contribution in [3.8, 4) is 0 Å². The first-order valence-electron chi connectivity index (χ1n) is 6.58. The van der Waals surface area contributed by atoms with Gasteiger partial charge >= 0.3 is 0 Å². The van der Waals surface area contributed by atoms with Gasteiger partial charge in [-0.25, -0.2) is 4.98 Å².